The van der Waals surface area contributed by atoms with Crippen molar-refractivity contribution in [1.29, 1.82) is 0 Å². The van der Waals surface area contributed by atoms with Crippen molar-refractivity contribution in [3.63, 3.8) is 0 Å². The van der Waals surface area contributed by atoms with Gasteiger partial charge in [0, 0.05) is 12.8 Å². The number of aliphatic hydroxyl groups excluding tert-OH is 5. The van der Waals surface area contributed by atoms with Gasteiger partial charge in [-0.05, 0) is 70.6 Å². The smallest absolute Gasteiger partial charge is 0.305 e. The van der Waals surface area contributed by atoms with Crippen molar-refractivity contribution >= 4 is 11.9 Å². The molecule has 1 amide bonds. The van der Waals surface area contributed by atoms with Crippen LogP contribution in [0.2, 0.25) is 0 Å². The van der Waals surface area contributed by atoms with Crippen LogP contribution in [0.5, 0.6) is 0 Å². The fourth-order valence-electron chi connectivity index (χ4n) is 10.6. The van der Waals surface area contributed by atoms with Crippen molar-refractivity contribution in [2.75, 3.05) is 19.8 Å². The van der Waals surface area contributed by atoms with Gasteiger partial charge in [-0.1, -0.05) is 275 Å². The van der Waals surface area contributed by atoms with Gasteiger partial charge in [-0.2, -0.15) is 0 Å². The molecule has 11 nitrogen and oxygen atoms in total. The Morgan fingerprint density at radius 3 is 1.25 bits per heavy atom. The summed E-state index contributed by atoms with van der Waals surface area (Å²) < 4.78 is 16.7. The Hall–Kier alpha value is -2.12. The molecule has 0 aromatic carbocycles. The molecule has 11 heteroatoms. The minimum atomic E-state index is -1.58. The number of esters is 1. The quantitative estimate of drug-likeness (QED) is 0.0195. The summed E-state index contributed by atoms with van der Waals surface area (Å²) in [5.41, 5.74) is 0. The maximum absolute atomic E-state index is 13.0. The monoisotopic (exact) mass is 1120 g/mol. The summed E-state index contributed by atoms with van der Waals surface area (Å²) in [6, 6.07) is -0.827. The number of amides is 1. The minimum Gasteiger partial charge on any atom is -0.466 e. The molecule has 0 saturated carbocycles. The molecule has 0 aliphatic carbocycles. The summed E-state index contributed by atoms with van der Waals surface area (Å²) in [4.78, 5) is 25.1. The second kappa shape index (κ2) is 57.7. The molecule has 1 saturated heterocycles. The van der Waals surface area contributed by atoms with Gasteiger partial charge >= 0.3 is 5.97 Å². The number of rotatable bonds is 59. The third-order valence-corrected chi connectivity index (χ3v) is 16.0. The molecule has 1 aliphatic heterocycles. The van der Waals surface area contributed by atoms with E-state index in [4.69, 9.17) is 14.2 Å². The van der Waals surface area contributed by atoms with Crippen molar-refractivity contribution < 1.29 is 49.3 Å². The van der Waals surface area contributed by atoms with Crippen LogP contribution in [0.1, 0.15) is 322 Å². The highest BCUT2D eigenvalue weighted by atomic mass is 16.7. The topological polar surface area (TPSA) is 175 Å². The highest BCUT2D eigenvalue weighted by molar-refractivity contribution is 5.76. The minimum absolute atomic E-state index is 0.00622. The van der Waals surface area contributed by atoms with Crippen LogP contribution >= 0.6 is 0 Å². The zero-order valence-electron chi connectivity index (χ0n) is 51.3. The van der Waals surface area contributed by atoms with E-state index >= 15 is 0 Å². The molecule has 79 heavy (non-hydrogen) atoms. The molecule has 0 bridgehead atoms. The van der Waals surface area contributed by atoms with Crippen molar-refractivity contribution in [2.24, 2.45) is 0 Å². The molecule has 0 aromatic rings. The van der Waals surface area contributed by atoms with Crippen LogP contribution < -0.4 is 5.32 Å². The standard InChI is InChI=1S/C68H127NO10/c1-3-5-7-9-11-13-15-35-38-42-46-50-54-61(71)60(59-78-68-67(76)66(75)65(74)62(58-70)79-68)69-63(72)55-51-47-43-39-36-32-30-28-26-24-22-20-18-16-17-19-21-23-25-27-29-31-33-37-41-45-49-53-57-77-64(73)56-52-48-44-40-34-14-12-10-8-6-4-2/h16-17,35,38,50,54,60-62,65-68,70-71,74-76H,3-15,18-34,36-37,39-49,51-53,55-59H2,1-2H3,(H,69,72)/b17-16-,38-35+,54-50+. The third-order valence-electron chi connectivity index (χ3n) is 16.0. The molecule has 0 aromatic heterocycles. The normalized spacial score (nSPS) is 18.6. The van der Waals surface area contributed by atoms with Gasteiger partial charge in [0.15, 0.2) is 6.29 Å². The largest absolute Gasteiger partial charge is 0.466 e. The van der Waals surface area contributed by atoms with E-state index in [2.05, 4.69) is 43.5 Å². The molecule has 6 N–H and O–H groups in total. The average Bonchev–Trinajstić information content (AvgIpc) is 3.48. The summed E-state index contributed by atoms with van der Waals surface area (Å²) in [7, 11) is 0. The number of nitrogens with one attached hydrogen (secondary N) is 1. The van der Waals surface area contributed by atoms with E-state index in [1.807, 2.05) is 6.08 Å². The average molecular weight is 1120 g/mol. The highest BCUT2D eigenvalue weighted by Gasteiger charge is 2.44. The summed E-state index contributed by atoms with van der Waals surface area (Å²) in [6.45, 7) is 4.33. The lowest BCUT2D eigenvalue weighted by Crippen LogP contribution is -2.60. The lowest BCUT2D eigenvalue weighted by atomic mass is 9.99. The Morgan fingerprint density at radius 2 is 0.823 bits per heavy atom. The fourth-order valence-corrected chi connectivity index (χ4v) is 10.6. The molecule has 0 spiro atoms. The Kier molecular flexibility index (Phi) is 54.7. The van der Waals surface area contributed by atoms with Gasteiger partial charge in [-0.3, -0.25) is 9.59 Å². The lowest BCUT2D eigenvalue weighted by molar-refractivity contribution is -0.302. The molecule has 7 atom stereocenters. The Morgan fingerprint density at radius 1 is 0.456 bits per heavy atom. The van der Waals surface area contributed by atoms with Crippen LogP contribution in [0.25, 0.3) is 0 Å². The number of unbranched alkanes of at least 4 members (excludes halogenated alkanes) is 41. The van der Waals surface area contributed by atoms with E-state index in [1.165, 1.54) is 238 Å². The van der Waals surface area contributed by atoms with E-state index in [0.29, 0.717) is 19.4 Å². The number of carbonyl (C=O) groups is 2. The summed E-state index contributed by atoms with van der Waals surface area (Å²) in [5, 5.41) is 54.4. The highest BCUT2D eigenvalue weighted by Crippen LogP contribution is 2.23. The van der Waals surface area contributed by atoms with Gasteiger partial charge in [0.05, 0.1) is 32.0 Å². The molecular formula is C68H127NO10. The molecule has 1 heterocycles. The number of carbonyl (C=O) groups excluding carboxylic acids is 2. The van der Waals surface area contributed by atoms with E-state index < -0.39 is 49.5 Å². The van der Waals surface area contributed by atoms with Crippen LogP contribution in [0.3, 0.4) is 0 Å². The Balaban J connectivity index is 1.99. The van der Waals surface area contributed by atoms with Crippen LogP contribution in [0.15, 0.2) is 36.5 Å². The summed E-state index contributed by atoms with van der Waals surface area (Å²) in [6.07, 6.45) is 62.7. The van der Waals surface area contributed by atoms with E-state index in [0.717, 1.165) is 57.8 Å². The molecule has 0 radical (unpaired) electrons. The van der Waals surface area contributed by atoms with Crippen molar-refractivity contribution in [3.8, 4) is 0 Å². The van der Waals surface area contributed by atoms with Gasteiger partial charge in [0.1, 0.15) is 24.4 Å². The fraction of sp³-hybridized carbons (Fsp3) is 0.882. The van der Waals surface area contributed by atoms with Crippen molar-refractivity contribution in [2.45, 2.75) is 365 Å². The molecular weight excluding hydrogens is 991 g/mol. The van der Waals surface area contributed by atoms with E-state index in [9.17, 15) is 35.1 Å². The first-order chi connectivity index (χ1) is 38.7. The first kappa shape index (κ1) is 74.9. The molecule has 1 rings (SSSR count). The predicted molar refractivity (Wildman–Crippen MR) is 329 cm³/mol. The van der Waals surface area contributed by atoms with E-state index in [1.54, 1.807) is 6.08 Å². The van der Waals surface area contributed by atoms with Gasteiger partial charge in [-0.25, -0.2) is 0 Å². The van der Waals surface area contributed by atoms with Gasteiger partial charge in [-0.15, -0.1) is 0 Å². The zero-order chi connectivity index (χ0) is 57.3. The van der Waals surface area contributed by atoms with Gasteiger partial charge < -0.3 is 45.1 Å². The molecule has 464 valence electrons. The molecule has 1 fully saturated rings. The number of hydrogen-bond donors (Lipinski definition) is 6. The lowest BCUT2D eigenvalue weighted by Gasteiger charge is -2.40. The SMILES string of the molecule is CCCCCCCC/C=C/CC/C=C/C(O)C(COC1OC(CO)C(O)C(O)C1O)NC(=O)CCCCCCCCCCCCCC/C=C\CCCCCCCCCCCCCCOC(=O)CCCCCCCCCCCCC. The van der Waals surface area contributed by atoms with Crippen LogP contribution in [-0.4, -0.2) is 100 Å². The van der Waals surface area contributed by atoms with Gasteiger partial charge in [0.25, 0.3) is 0 Å². The molecule has 7 unspecified atom stereocenters. The number of ether oxygens (including phenoxy) is 3. The summed E-state index contributed by atoms with van der Waals surface area (Å²) in [5.74, 6) is -0.185. The zero-order valence-corrected chi connectivity index (χ0v) is 51.3. The van der Waals surface area contributed by atoms with Crippen molar-refractivity contribution in [3.05, 3.63) is 36.5 Å². The second-order valence-electron chi connectivity index (χ2n) is 23.5. The summed E-state index contributed by atoms with van der Waals surface area (Å²) >= 11 is 0. The number of hydrogen-bond acceptors (Lipinski definition) is 10. The molecule has 1 aliphatic rings. The predicted octanol–water partition coefficient (Wildman–Crippen LogP) is 16.6. The third kappa shape index (κ3) is 47.0. The van der Waals surface area contributed by atoms with Crippen molar-refractivity contribution in [1.82, 2.24) is 5.32 Å². The Labute approximate surface area is 485 Å². The van der Waals surface area contributed by atoms with Crippen LogP contribution in [-0.2, 0) is 23.8 Å². The maximum atomic E-state index is 13.0. The van der Waals surface area contributed by atoms with Crippen LogP contribution in [0, 0.1) is 0 Å². The van der Waals surface area contributed by atoms with E-state index in [-0.39, 0.29) is 18.5 Å². The Bertz CT molecular complexity index is 1410. The maximum Gasteiger partial charge on any atom is 0.305 e. The van der Waals surface area contributed by atoms with Gasteiger partial charge in [0.2, 0.25) is 5.91 Å². The second-order valence-corrected chi connectivity index (χ2v) is 23.5. The van der Waals surface area contributed by atoms with Crippen LogP contribution in [0.4, 0.5) is 0 Å². The first-order valence-electron chi connectivity index (χ1n) is 33.8. The first-order valence-corrected chi connectivity index (χ1v) is 33.8. The number of aliphatic hydroxyl groups is 5. The number of allylic oxidation sites excluding steroid dienone is 5.